The molecule has 1 heterocycles. The quantitative estimate of drug-likeness (QED) is 0.509. The van der Waals surface area contributed by atoms with E-state index in [1.807, 2.05) is 11.8 Å². The SMILES string of the molecule is CC1CCSCN1. The van der Waals surface area contributed by atoms with Gasteiger partial charge in [0.1, 0.15) is 0 Å². The van der Waals surface area contributed by atoms with Crippen molar-refractivity contribution in [2.75, 3.05) is 11.6 Å². The van der Waals surface area contributed by atoms with Crippen molar-refractivity contribution in [3.8, 4) is 0 Å². The Morgan fingerprint density at radius 1 is 1.71 bits per heavy atom. The number of hydrogen-bond donors (Lipinski definition) is 1. The van der Waals surface area contributed by atoms with Crippen LogP contribution in [0.5, 0.6) is 0 Å². The third-order valence-electron chi connectivity index (χ3n) is 1.23. The Hall–Kier alpha value is 0.310. The van der Waals surface area contributed by atoms with Crippen LogP contribution in [0.4, 0.5) is 0 Å². The van der Waals surface area contributed by atoms with E-state index in [9.17, 15) is 0 Å². The van der Waals surface area contributed by atoms with E-state index in [0.717, 1.165) is 11.9 Å². The summed E-state index contributed by atoms with van der Waals surface area (Å²) in [7, 11) is 0. The average Bonchev–Trinajstić information content (AvgIpc) is 1.69. The van der Waals surface area contributed by atoms with Crippen molar-refractivity contribution in [3.05, 3.63) is 0 Å². The van der Waals surface area contributed by atoms with Crippen LogP contribution in [0.15, 0.2) is 0 Å². The molecule has 7 heavy (non-hydrogen) atoms. The van der Waals surface area contributed by atoms with Gasteiger partial charge in [-0.2, -0.15) is 0 Å². The Morgan fingerprint density at radius 2 is 2.57 bits per heavy atom. The largest absolute Gasteiger partial charge is 0.305 e. The van der Waals surface area contributed by atoms with Gasteiger partial charge in [-0.3, -0.25) is 0 Å². The summed E-state index contributed by atoms with van der Waals surface area (Å²) in [4.78, 5) is 0. The first-order chi connectivity index (χ1) is 3.39. The van der Waals surface area contributed by atoms with Gasteiger partial charge in [0.25, 0.3) is 0 Å². The molecule has 0 bridgehead atoms. The summed E-state index contributed by atoms with van der Waals surface area (Å²) in [5, 5.41) is 3.34. The normalized spacial score (nSPS) is 33.0. The topological polar surface area (TPSA) is 12.0 Å². The van der Waals surface area contributed by atoms with E-state index in [4.69, 9.17) is 0 Å². The van der Waals surface area contributed by atoms with Gasteiger partial charge in [-0.05, 0) is 19.1 Å². The van der Waals surface area contributed by atoms with Crippen molar-refractivity contribution in [1.29, 1.82) is 0 Å². The molecule has 0 aromatic heterocycles. The Kier molecular flexibility index (Phi) is 2.00. The second-order valence-electron chi connectivity index (χ2n) is 1.95. The lowest BCUT2D eigenvalue weighted by atomic mass is 10.3. The molecule has 0 aromatic rings. The molecule has 1 rings (SSSR count). The summed E-state index contributed by atoms with van der Waals surface area (Å²) >= 11 is 1.99. The van der Waals surface area contributed by atoms with Crippen LogP contribution in [-0.2, 0) is 0 Å². The lowest BCUT2D eigenvalue weighted by Gasteiger charge is -2.17. The first kappa shape index (κ1) is 5.45. The third kappa shape index (κ3) is 1.70. The average molecular weight is 117 g/mol. The van der Waals surface area contributed by atoms with Crippen LogP contribution < -0.4 is 5.32 Å². The minimum Gasteiger partial charge on any atom is -0.305 e. The molecule has 1 fully saturated rings. The van der Waals surface area contributed by atoms with Crippen molar-refractivity contribution < 1.29 is 0 Å². The maximum Gasteiger partial charge on any atom is 0.0419 e. The van der Waals surface area contributed by atoms with Crippen LogP contribution in [0.25, 0.3) is 0 Å². The summed E-state index contributed by atoms with van der Waals surface area (Å²) in [5.74, 6) is 2.50. The monoisotopic (exact) mass is 117 g/mol. The van der Waals surface area contributed by atoms with Crippen LogP contribution in [0.1, 0.15) is 13.3 Å². The predicted octanol–water partition coefficient (Wildman–Crippen LogP) is 1.06. The molecule has 1 atom stereocenters. The molecule has 1 unspecified atom stereocenters. The van der Waals surface area contributed by atoms with E-state index < -0.39 is 0 Å². The number of nitrogens with one attached hydrogen (secondary N) is 1. The van der Waals surface area contributed by atoms with Gasteiger partial charge >= 0.3 is 0 Å². The summed E-state index contributed by atoms with van der Waals surface area (Å²) in [5.41, 5.74) is 0. The first-order valence-electron chi connectivity index (χ1n) is 2.71. The van der Waals surface area contributed by atoms with Crippen molar-refractivity contribution in [2.24, 2.45) is 0 Å². The zero-order chi connectivity index (χ0) is 5.11. The lowest BCUT2D eigenvalue weighted by Crippen LogP contribution is -2.30. The fourth-order valence-corrected chi connectivity index (χ4v) is 1.70. The van der Waals surface area contributed by atoms with Crippen molar-refractivity contribution in [1.82, 2.24) is 5.32 Å². The molecule has 1 aliphatic rings. The van der Waals surface area contributed by atoms with Crippen LogP contribution in [0.3, 0.4) is 0 Å². The van der Waals surface area contributed by atoms with Gasteiger partial charge in [-0.1, -0.05) is 0 Å². The number of thioether (sulfide) groups is 1. The van der Waals surface area contributed by atoms with Gasteiger partial charge in [-0.25, -0.2) is 0 Å². The number of rotatable bonds is 0. The lowest BCUT2D eigenvalue weighted by molar-refractivity contribution is 0.573. The standard InChI is InChI=1S/C5H11NS/c1-5-2-3-7-4-6-5/h5-6H,2-4H2,1H3. The summed E-state index contributed by atoms with van der Waals surface area (Å²) < 4.78 is 0. The summed E-state index contributed by atoms with van der Waals surface area (Å²) in [6.45, 7) is 2.24. The highest BCUT2D eigenvalue weighted by Crippen LogP contribution is 2.08. The molecule has 42 valence electrons. The highest BCUT2D eigenvalue weighted by atomic mass is 32.2. The fourth-order valence-electron chi connectivity index (χ4n) is 0.636. The second-order valence-corrected chi connectivity index (χ2v) is 3.05. The van der Waals surface area contributed by atoms with Crippen LogP contribution >= 0.6 is 11.8 Å². The molecular weight excluding hydrogens is 106 g/mol. The molecule has 0 aliphatic carbocycles. The number of hydrogen-bond acceptors (Lipinski definition) is 2. The second kappa shape index (κ2) is 2.58. The molecular formula is C5H11NS. The predicted molar refractivity (Wildman–Crippen MR) is 34.5 cm³/mol. The van der Waals surface area contributed by atoms with Crippen LogP contribution in [0.2, 0.25) is 0 Å². The zero-order valence-corrected chi connectivity index (χ0v) is 5.42. The molecule has 1 saturated heterocycles. The zero-order valence-electron chi connectivity index (χ0n) is 4.61. The minimum atomic E-state index is 0.765. The summed E-state index contributed by atoms with van der Waals surface area (Å²) in [6.07, 6.45) is 1.34. The van der Waals surface area contributed by atoms with E-state index in [1.165, 1.54) is 12.2 Å². The molecule has 0 radical (unpaired) electrons. The summed E-state index contributed by atoms with van der Waals surface area (Å²) in [6, 6.07) is 0.765. The Morgan fingerprint density at radius 3 is 2.86 bits per heavy atom. The van der Waals surface area contributed by atoms with Gasteiger partial charge < -0.3 is 5.32 Å². The minimum absolute atomic E-state index is 0.765. The van der Waals surface area contributed by atoms with E-state index in [0.29, 0.717) is 0 Å². The van der Waals surface area contributed by atoms with Gasteiger partial charge in [0, 0.05) is 11.9 Å². The third-order valence-corrected chi connectivity index (χ3v) is 2.12. The van der Waals surface area contributed by atoms with Gasteiger partial charge in [0.05, 0.1) is 0 Å². The van der Waals surface area contributed by atoms with Crippen molar-refractivity contribution >= 4 is 11.8 Å². The van der Waals surface area contributed by atoms with Gasteiger partial charge in [0.15, 0.2) is 0 Å². The van der Waals surface area contributed by atoms with Crippen LogP contribution in [-0.4, -0.2) is 17.7 Å². The maximum absolute atomic E-state index is 3.34. The van der Waals surface area contributed by atoms with E-state index in [2.05, 4.69) is 12.2 Å². The molecule has 0 amide bonds. The van der Waals surface area contributed by atoms with E-state index >= 15 is 0 Å². The Bertz CT molecular complexity index is 50.0. The Labute approximate surface area is 48.9 Å². The highest BCUT2D eigenvalue weighted by Gasteiger charge is 2.04. The van der Waals surface area contributed by atoms with E-state index in [1.54, 1.807) is 0 Å². The smallest absolute Gasteiger partial charge is 0.0419 e. The molecule has 0 saturated carbocycles. The molecule has 0 aromatic carbocycles. The first-order valence-corrected chi connectivity index (χ1v) is 3.86. The van der Waals surface area contributed by atoms with E-state index in [-0.39, 0.29) is 0 Å². The van der Waals surface area contributed by atoms with Crippen molar-refractivity contribution in [3.63, 3.8) is 0 Å². The molecule has 1 nitrogen and oxygen atoms in total. The molecule has 1 aliphatic heterocycles. The highest BCUT2D eigenvalue weighted by molar-refractivity contribution is 7.99. The Balaban J connectivity index is 2.12. The molecule has 2 heteroatoms. The molecule has 1 N–H and O–H groups in total. The molecule has 0 spiro atoms. The maximum atomic E-state index is 3.34. The fraction of sp³-hybridized carbons (Fsp3) is 1.00. The van der Waals surface area contributed by atoms with Gasteiger partial charge in [-0.15, -0.1) is 11.8 Å². The van der Waals surface area contributed by atoms with Gasteiger partial charge in [0.2, 0.25) is 0 Å². The van der Waals surface area contributed by atoms with Crippen molar-refractivity contribution in [2.45, 2.75) is 19.4 Å². The van der Waals surface area contributed by atoms with Crippen LogP contribution in [0, 0.1) is 0 Å².